The molecule has 1 aliphatic heterocycles. The van der Waals surface area contributed by atoms with Gasteiger partial charge in [-0.15, -0.1) is 0 Å². The SMILES string of the molecule is CC(C)N(Cc1ccc(C#N)cc1)Cc1cc(Cl)cc2c1OCOC2. The van der Waals surface area contributed by atoms with Gasteiger partial charge in [-0.1, -0.05) is 23.7 Å². The maximum absolute atomic E-state index is 8.93. The van der Waals surface area contributed by atoms with Gasteiger partial charge < -0.3 is 9.47 Å². The Bertz CT molecular complexity index is 782. The average Bonchev–Trinajstić information content (AvgIpc) is 2.61. The molecule has 0 fully saturated rings. The molecule has 0 aromatic heterocycles. The summed E-state index contributed by atoms with van der Waals surface area (Å²) in [6, 6.07) is 14.1. The van der Waals surface area contributed by atoms with E-state index < -0.39 is 0 Å². The van der Waals surface area contributed by atoms with Crippen LogP contribution in [0.2, 0.25) is 5.02 Å². The highest BCUT2D eigenvalue weighted by Crippen LogP contribution is 2.33. The first-order valence-electron chi connectivity index (χ1n) is 8.31. The zero-order chi connectivity index (χ0) is 17.8. The Balaban J connectivity index is 1.82. The van der Waals surface area contributed by atoms with Crippen molar-refractivity contribution in [1.29, 1.82) is 5.26 Å². The van der Waals surface area contributed by atoms with Crippen molar-refractivity contribution < 1.29 is 9.47 Å². The molecule has 2 aromatic carbocycles. The van der Waals surface area contributed by atoms with Crippen molar-refractivity contribution in [2.75, 3.05) is 6.79 Å². The lowest BCUT2D eigenvalue weighted by atomic mass is 10.1. The lowest BCUT2D eigenvalue weighted by Crippen LogP contribution is -2.30. The molecule has 130 valence electrons. The maximum Gasteiger partial charge on any atom is 0.189 e. The number of ether oxygens (including phenoxy) is 2. The van der Waals surface area contributed by atoms with Crippen molar-refractivity contribution >= 4 is 11.6 Å². The molecular formula is C20H21ClN2O2. The number of fused-ring (bicyclic) bond motifs is 1. The van der Waals surface area contributed by atoms with E-state index in [1.165, 1.54) is 5.56 Å². The number of rotatable bonds is 5. The summed E-state index contributed by atoms with van der Waals surface area (Å²) in [6.45, 7) is 6.68. The third-order valence-corrected chi connectivity index (χ3v) is 4.54. The van der Waals surface area contributed by atoms with Gasteiger partial charge in [0.1, 0.15) is 5.75 Å². The second kappa shape index (κ2) is 7.88. The predicted molar refractivity (Wildman–Crippen MR) is 97.3 cm³/mol. The van der Waals surface area contributed by atoms with Crippen LogP contribution < -0.4 is 4.74 Å². The molecule has 0 aliphatic carbocycles. The lowest BCUT2D eigenvalue weighted by molar-refractivity contribution is -0.0176. The molecule has 0 radical (unpaired) electrons. The number of hydrogen-bond donors (Lipinski definition) is 0. The molecule has 4 nitrogen and oxygen atoms in total. The summed E-state index contributed by atoms with van der Waals surface area (Å²) >= 11 is 6.28. The molecule has 5 heteroatoms. The summed E-state index contributed by atoms with van der Waals surface area (Å²) in [4.78, 5) is 2.35. The minimum atomic E-state index is 0.277. The molecule has 0 unspecified atom stereocenters. The van der Waals surface area contributed by atoms with Gasteiger partial charge in [-0.2, -0.15) is 5.26 Å². The Hall–Kier alpha value is -2.06. The monoisotopic (exact) mass is 356 g/mol. The predicted octanol–water partition coefficient (Wildman–Crippen LogP) is 4.49. The molecule has 0 spiro atoms. The van der Waals surface area contributed by atoms with Crippen molar-refractivity contribution in [3.8, 4) is 11.8 Å². The molecule has 25 heavy (non-hydrogen) atoms. The topological polar surface area (TPSA) is 45.5 Å². The van der Waals surface area contributed by atoms with E-state index in [0.29, 0.717) is 23.2 Å². The fraction of sp³-hybridized carbons (Fsp3) is 0.350. The number of hydrogen-bond acceptors (Lipinski definition) is 4. The summed E-state index contributed by atoms with van der Waals surface area (Å²) < 4.78 is 11.1. The van der Waals surface area contributed by atoms with Crippen LogP contribution in [-0.2, 0) is 24.4 Å². The van der Waals surface area contributed by atoms with Crippen LogP contribution >= 0.6 is 11.6 Å². The molecule has 0 bridgehead atoms. The molecule has 0 N–H and O–H groups in total. The number of halogens is 1. The summed E-state index contributed by atoms with van der Waals surface area (Å²) in [5, 5.41) is 9.63. The first kappa shape index (κ1) is 17.8. The quantitative estimate of drug-likeness (QED) is 0.791. The fourth-order valence-electron chi connectivity index (χ4n) is 2.93. The molecule has 1 heterocycles. The first-order valence-corrected chi connectivity index (χ1v) is 8.69. The normalized spacial score (nSPS) is 13.4. The van der Waals surface area contributed by atoms with Gasteiger partial charge in [0.2, 0.25) is 0 Å². The minimum absolute atomic E-state index is 0.277. The summed E-state index contributed by atoms with van der Waals surface area (Å²) in [6.07, 6.45) is 0. The number of nitrogens with zero attached hydrogens (tertiary/aromatic N) is 2. The van der Waals surface area contributed by atoms with Crippen LogP contribution in [0.5, 0.6) is 5.75 Å². The van der Waals surface area contributed by atoms with E-state index in [-0.39, 0.29) is 6.79 Å². The van der Waals surface area contributed by atoms with E-state index in [1.807, 2.05) is 36.4 Å². The molecule has 3 rings (SSSR count). The van der Waals surface area contributed by atoms with E-state index in [4.69, 9.17) is 26.3 Å². The smallest absolute Gasteiger partial charge is 0.189 e. The second-order valence-electron chi connectivity index (χ2n) is 6.47. The van der Waals surface area contributed by atoms with Gasteiger partial charge >= 0.3 is 0 Å². The molecule has 0 atom stereocenters. The van der Waals surface area contributed by atoms with E-state index in [1.54, 1.807) is 0 Å². The molecule has 0 amide bonds. The highest BCUT2D eigenvalue weighted by molar-refractivity contribution is 6.30. The Morgan fingerprint density at radius 3 is 2.64 bits per heavy atom. The van der Waals surface area contributed by atoms with Crippen LogP contribution in [0.1, 0.15) is 36.1 Å². The minimum Gasteiger partial charge on any atom is -0.467 e. The lowest BCUT2D eigenvalue weighted by Gasteiger charge is -2.29. The zero-order valence-corrected chi connectivity index (χ0v) is 15.2. The molecular weight excluding hydrogens is 336 g/mol. The van der Waals surface area contributed by atoms with Gasteiger partial charge in [0.05, 0.1) is 18.2 Å². The van der Waals surface area contributed by atoms with Crippen molar-refractivity contribution in [3.63, 3.8) is 0 Å². The van der Waals surface area contributed by atoms with Gasteiger partial charge in [0.25, 0.3) is 0 Å². The zero-order valence-electron chi connectivity index (χ0n) is 14.5. The number of nitriles is 1. The second-order valence-corrected chi connectivity index (χ2v) is 6.91. The Morgan fingerprint density at radius 1 is 1.20 bits per heavy atom. The highest BCUT2D eigenvalue weighted by atomic mass is 35.5. The summed E-state index contributed by atoms with van der Waals surface area (Å²) in [5.41, 5.74) is 3.92. The van der Waals surface area contributed by atoms with E-state index in [0.717, 1.165) is 30.0 Å². The fourth-order valence-corrected chi connectivity index (χ4v) is 3.20. The molecule has 2 aromatic rings. The number of benzene rings is 2. The van der Waals surface area contributed by atoms with E-state index in [2.05, 4.69) is 24.8 Å². The standard InChI is InChI=1S/C20H21ClN2O2/c1-14(2)23(10-16-5-3-15(9-22)4-6-16)11-17-7-19(21)8-18-12-24-13-25-20(17)18/h3-8,14H,10-13H2,1-2H3. The van der Waals surface area contributed by atoms with Crippen LogP contribution in [-0.4, -0.2) is 17.7 Å². The van der Waals surface area contributed by atoms with Gasteiger partial charge in [-0.3, -0.25) is 4.90 Å². The van der Waals surface area contributed by atoms with Crippen LogP contribution in [0.4, 0.5) is 0 Å². The van der Waals surface area contributed by atoms with E-state index in [9.17, 15) is 0 Å². The van der Waals surface area contributed by atoms with Crippen molar-refractivity contribution in [2.24, 2.45) is 0 Å². The van der Waals surface area contributed by atoms with Gasteiger partial charge in [-0.05, 0) is 43.7 Å². The van der Waals surface area contributed by atoms with Crippen LogP contribution in [0, 0.1) is 11.3 Å². The Morgan fingerprint density at radius 2 is 1.96 bits per heavy atom. The largest absolute Gasteiger partial charge is 0.467 e. The summed E-state index contributed by atoms with van der Waals surface area (Å²) in [7, 11) is 0. The Kier molecular flexibility index (Phi) is 5.60. The van der Waals surface area contributed by atoms with Crippen LogP contribution in [0.3, 0.4) is 0 Å². The third kappa shape index (κ3) is 4.32. The van der Waals surface area contributed by atoms with Crippen molar-refractivity contribution in [2.45, 2.75) is 39.6 Å². The summed E-state index contributed by atoms with van der Waals surface area (Å²) in [5.74, 6) is 0.890. The van der Waals surface area contributed by atoms with E-state index >= 15 is 0 Å². The van der Waals surface area contributed by atoms with Crippen molar-refractivity contribution in [3.05, 3.63) is 63.7 Å². The van der Waals surface area contributed by atoms with Crippen LogP contribution in [0.15, 0.2) is 36.4 Å². The average molecular weight is 357 g/mol. The highest BCUT2D eigenvalue weighted by Gasteiger charge is 2.20. The molecule has 1 aliphatic rings. The first-order chi connectivity index (χ1) is 12.1. The van der Waals surface area contributed by atoms with Gasteiger partial charge in [0, 0.05) is 35.3 Å². The molecule has 0 saturated heterocycles. The third-order valence-electron chi connectivity index (χ3n) is 4.32. The van der Waals surface area contributed by atoms with Gasteiger partial charge in [0.15, 0.2) is 6.79 Å². The van der Waals surface area contributed by atoms with Gasteiger partial charge in [-0.25, -0.2) is 0 Å². The Labute approximate surface area is 153 Å². The van der Waals surface area contributed by atoms with Crippen molar-refractivity contribution in [1.82, 2.24) is 4.90 Å². The molecule has 0 saturated carbocycles. The maximum atomic E-state index is 8.93. The van der Waals surface area contributed by atoms with Crippen LogP contribution in [0.25, 0.3) is 0 Å².